The normalized spacial score (nSPS) is 25.3. The van der Waals surface area contributed by atoms with Crippen molar-refractivity contribution < 1.29 is 0 Å². The van der Waals surface area contributed by atoms with Crippen LogP contribution in [0, 0.1) is 0 Å². The molecule has 0 bridgehead atoms. The van der Waals surface area contributed by atoms with E-state index in [1.165, 1.54) is 35.7 Å². The number of hydrogen-bond acceptors (Lipinski definition) is 2. The molecule has 1 aliphatic carbocycles. The third-order valence-electron chi connectivity index (χ3n) is 3.90. The molecule has 1 N–H and O–H groups in total. The van der Waals surface area contributed by atoms with Crippen LogP contribution in [0.4, 0.5) is 0 Å². The van der Waals surface area contributed by atoms with Crippen LogP contribution in [0.1, 0.15) is 44.2 Å². The highest BCUT2D eigenvalue weighted by Gasteiger charge is 2.26. The zero-order valence-electron chi connectivity index (χ0n) is 11.5. The van der Waals surface area contributed by atoms with Crippen molar-refractivity contribution in [3.63, 3.8) is 0 Å². The average Bonchev–Trinajstić information content (AvgIpc) is 2.39. The van der Waals surface area contributed by atoms with E-state index in [2.05, 4.69) is 68.6 Å². The number of thioether (sulfide) groups is 1. The molecule has 106 valence electrons. The van der Waals surface area contributed by atoms with Gasteiger partial charge in [0.15, 0.2) is 0 Å². The Bertz CT molecular complexity index is 425. The molecule has 0 spiro atoms. The second-order valence-corrected chi connectivity index (χ2v) is 8.07. The zero-order chi connectivity index (χ0) is 13.8. The van der Waals surface area contributed by atoms with Crippen LogP contribution in [0.2, 0.25) is 0 Å². The quantitative estimate of drug-likeness (QED) is 0.704. The minimum atomic E-state index is 0.389. The van der Waals surface area contributed by atoms with Crippen LogP contribution in [-0.4, -0.2) is 17.5 Å². The first-order valence-corrected chi connectivity index (χ1v) is 9.73. The maximum absolute atomic E-state index is 3.83. The van der Waals surface area contributed by atoms with Gasteiger partial charge in [-0.25, -0.2) is 0 Å². The Kier molecular flexibility index (Phi) is 6.25. The van der Waals surface area contributed by atoms with Gasteiger partial charge in [-0.1, -0.05) is 50.8 Å². The Balaban J connectivity index is 2.05. The molecule has 19 heavy (non-hydrogen) atoms. The van der Waals surface area contributed by atoms with Gasteiger partial charge in [-0.15, -0.1) is 0 Å². The van der Waals surface area contributed by atoms with Gasteiger partial charge < -0.3 is 5.32 Å². The highest BCUT2D eigenvalue weighted by Crippen LogP contribution is 2.31. The number of rotatable bonds is 4. The lowest BCUT2D eigenvalue weighted by Crippen LogP contribution is -2.41. The first kappa shape index (κ1) is 15.9. The second kappa shape index (κ2) is 7.48. The van der Waals surface area contributed by atoms with Gasteiger partial charge in [0, 0.05) is 26.3 Å². The van der Waals surface area contributed by atoms with Crippen molar-refractivity contribution in [1.29, 1.82) is 0 Å². The summed E-state index contributed by atoms with van der Waals surface area (Å²) in [6.07, 6.45) is 7.66. The Hall–Kier alpha value is 0.490. The summed E-state index contributed by atoms with van der Waals surface area (Å²) < 4.78 is 2.30. The maximum Gasteiger partial charge on any atom is 0.0305 e. The summed E-state index contributed by atoms with van der Waals surface area (Å²) in [5.74, 6) is 0. The summed E-state index contributed by atoms with van der Waals surface area (Å²) in [5, 5.41) is 4.60. The lowest BCUT2D eigenvalue weighted by molar-refractivity contribution is 0.356. The number of benzene rings is 1. The van der Waals surface area contributed by atoms with Crippen LogP contribution in [0.5, 0.6) is 0 Å². The largest absolute Gasteiger partial charge is 0.306 e. The van der Waals surface area contributed by atoms with Crippen LogP contribution in [0.3, 0.4) is 0 Å². The molecule has 1 aliphatic rings. The van der Waals surface area contributed by atoms with Crippen molar-refractivity contribution in [2.45, 2.75) is 49.9 Å². The molecule has 1 aromatic carbocycles. The van der Waals surface area contributed by atoms with E-state index >= 15 is 0 Å². The van der Waals surface area contributed by atoms with Crippen molar-refractivity contribution >= 4 is 43.6 Å². The van der Waals surface area contributed by atoms with Crippen LogP contribution in [0.25, 0.3) is 0 Å². The summed E-state index contributed by atoms with van der Waals surface area (Å²) >= 11 is 9.20. The van der Waals surface area contributed by atoms with Crippen LogP contribution >= 0.6 is 43.6 Å². The van der Waals surface area contributed by atoms with Crippen molar-refractivity contribution in [2.75, 3.05) is 6.26 Å². The van der Waals surface area contributed by atoms with Crippen molar-refractivity contribution in [2.24, 2.45) is 0 Å². The average molecular weight is 407 g/mol. The smallest absolute Gasteiger partial charge is 0.0305 e. The molecule has 0 aromatic heterocycles. The van der Waals surface area contributed by atoms with Gasteiger partial charge in [-0.2, -0.15) is 11.8 Å². The number of halogens is 2. The van der Waals surface area contributed by atoms with E-state index < -0.39 is 0 Å². The maximum atomic E-state index is 3.83. The molecule has 0 heterocycles. The van der Waals surface area contributed by atoms with E-state index in [-0.39, 0.29) is 0 Å². The van der Waals surface area contributed by atoms with E-state index in [4.69, 9.17) is 0 Å². The van der Waals surface area contributed by atoms with Crippen molar-refractivity contribution in [1.82, 2.24) is 5.32 Å². The highest BCUT2D eigenvalue weighted by atomic mass is 79.9. The second-order valence-electron chi connectivity index (χ2n) is 5.22. The lowest BCUT2D eigenvalue weighted by Gasteiger charge is -2.33. The predicted molar refractivity (Wildman–Crippen MR) is 93.0 cm³/mol. The summed E-state index contributed by atoms with van der Waals surface area (Å²) in [6, 6.07) is 7.48. The highest BCUT2D eigenvalue weighted by molar-refractivity contribution is 9.11. The molecule has 3 unspecified atom stereocenters. The molecule has 1 nitrogen and oxygen atoms in total. The molecule has 0 radical (unpaired) electrons. The fourth-order valence-corrected chi connectivity index (χ4v) is 5.17. The fourth-order valence-electron chi connectivity index (χ4n) is 2.83. The third-order valence-corrected chi connectivity index (χ3v) is 6.25. The lowest BCUT2D eigenvalue weighted by atomic mass is 9.93. The monoisotopic (exact) mass is 405 g/mol. The molecule has 0 saturated heterocycles. The van der Waals surface area contributed by atoms with Gasteiger partial charge in [0.2, 0.25) is 0 Å². The molecule has 1 fully saturated rings. The summed E-state index contributed by atoms with van der Waals surface area (Å²) in [6.45, 7) is 2.26. The Morgan fingerprint density at radius 1 is 1.26 bits per heavy atom. The predicted octanol–water partition coefficient (Wildman–Crippen LogP) is 5.54. The zero-order valence-corrected chi connectivity index (χ0v) is 15.4. The van der Waals surface area contributed by atoms with Gasteiger partial charge in [0.05, 0.1) is 0 Å². The van der Waals surface area contributed by atoms with Gasteiger partial charge >= 0.3 is 0 Å². The summed E-state index contributed by atoms with van der Waals surface area (Å²) in [5.41, 5.74) is 1.34. The molecule has 0 aliphatic heterocycles. The van der Waals surface area contributed by atoms with Crippen molar-refractivity contribution in [3.8, 4) is 0 Å². The molecular formula is C15H21Br2NS. The summed E-state index contributed by atoms with van der Waals surface area (Å²) in [4.78, 5) is 0. The van der Waals surface area contributed by atoms with Crippen molar-refractivity contribution in [3.05, 3.63) is 32.7 Å². The number of nitrogens with one attached hydrogen (secondary N) is 1. The molecule has 1 saturated carbocycles. The minimum absolute atomic E-state index is 0.389. The molecular weight excluding hydrogens is 386 g/mol. The standard InChI is InChI=1S/C15H21Br2NS/c1-10(12-8-7-11(16)9-13(12)17)18-14-5-3-4-6-15(14)19-2/h7-10,14-15,18H,3-6H2,1-2H3. The first-order chi connectivity index (χ1) is 9.11. The number of hydrogen-bond donors (Lipinski definition) is 1. The van der Waals surface area contributed by atoms with E-state index in [9.17, 15) is 0 Å². The van der Waals surface area contributed by atoms with Gasteiger partial charge in [0.1, 0.15) is 0 Å². The third kappa shape index (κ3) is 4.23. The van der Waals surface area contributed by atoms with Gasteiger partial charge in [0.25, 0.3) is 0 Å². The van der Waals surface area contributed by atoms with E-state index in [0.29, 0.717) is 12.1 Å². The Labute approximate surface area is 137 Å². The SMILES string of the molecule is CSC1CCCCC1NC(C)c1ccc(Br)cc1Br. The first-order valence-electron chi connectivity index (χ1n) is 6.85. The Morgan fingerprint density at radius 3 is 2.68 bits per heavy atom. The van der Waals surface area contributed by atoms with Crippen LogP contribution in [0.15, 0.2) is 27.1 Å². The molecule has 1 aromatic rings. The fraction of sp³-hybridized carbons (Fsp3) is 0.600. The van der Waals surface area contributed by atoms with Gasteiger partial charge in [-0.05, 0) is 43.7 Å². The van der Waals surface area contributed by atoms with E-state index in [1.807, 2.05) is 11.8 Å². The molecule has 3 atom stereocenters. The van der Waals surface area contributed by atoms with E-state index in [1.54, 1.807) is 0 Å². The van der Waals surface area contributed by atoms with Crippen LogP contribution < -0.4 is 5.32 Å². The van der Waals surface area contributed by atoms with Gasteiger partial charge in [-0.3, -0.25) is 0 Å². The topological polar surface area (TPSA) is 12.0 Å². The van der Waals surface area contributed by atoms with E-state index in [0.717, 1.165) is 9.72 Å². The van der Waals surface area contributed by atoms with Crippen LogP contribution in [-0.2, 0) is 0 Å². The Morgan fingerprint density at radius 2 is 2.00 bits per heavy atom. The minimum Gasteiger partial charge on any atom is -0.306 e. The molecule has 2 rings (SSSR count). The molecule has 4 heteroatoms. The summed E-state index contributed by atoms with van der Waals surface area (Å²) in [7, 11) is 0. The molecule has 0 amide bonds.